The van der Waals surface area contributed by atoms with Crippen molar-refractivity contribution in [2.75, 3.05) is 13.2 Å². The van der Waals surface area contributed by atoms with Crippen LogP contribution in [0.25, 0.3) is 0 Å². The van der Waals surface area contributed by atoms with Crippen molar-refractivity contribution in [1.29, 1.82) is 0 Å². The normalized spacial score (nSPS) is 25.4. The standard InChI is InChI=1S/C13H19NO4S/c1-10-9-18-11(2)7-14(10)19(16,17)13-6-4-3-5-12(13)8-15/h3-6,10-11,15H,7-9H2,1-2H3. The van der Waals surface area contributed by atoms with Crippen molar-refractivity contribution in [2.24, 2.45) is 0 Å². The van der Waals surface area contributed by atoms with E-state index in [1.807, 2.05) is 13.8 Å². The summed E-state index contributed by atoms with van der Waals surface area (Å²) < 4.78 is 32.3. The predicted octanol–water partition coefficient (Wildman–Crippen LogP) is 0.977. The van der Waals surface area contributed by atoms with E-state index >= 15 is 0 Å². The molecule has 2 rings (SSSR count). The number of ether oxygens (including phenoxy) is 1. The van der Waals surface area contributed by atoms with Gasteiger partial charge in [0.15, 0.2) is 0 Å². The lowest BCUT2D eigenvalue weighted by Crippen LogP contribution is -2.50. The Bertz CT molecular complexity index is 543. The van der Waals surface area contributed by atoms with Crippen molar-refractivity contribution in [1.82, 2.24) is 4.31 Å². The first-order valence-electron chi connectivity index (χ1n) is 6.29. The molecule has 0 saturated carbocycles. The highest BCUT2D eigenvalue weighted by Crippen LogP contribution is 2.25. The lowest BCUT2D eigenvalue weighted by Gasteiger charge is -2.36. The maximum Gasteiger partial charge on any atom is 0.243 e. The minimum absolute atomic E-state index is 0.118. The van der Waals surface area contributed by atoms with Crippen molar-refractivity contribution in [2.45, 2.75) is 37.5 Å². The van der Waals surface area contributed by atoms with Gasteiger partial charge in [0.2, 0.25) is 10.0 Å². The molecule has 0 aromatic heterocycles. The molecule has 0 aliphatic carbocycles. The SMILES string of the molecule is CC1CN(S(=O)(=O)c2ccccc2CO)C(C)CO1. The molecule has 0 radical (unpaired) electrons. The number of aliphatic hydroxyl groups is 1. The summed E-state index contributed by atoms with van der Waals surface area (Å²) in [5.74, 6) is 0. The molecule has 1 N–H and O–H groups in total. The zero-order valence-corrected chi connectivity index (χ0v) is 11.9. The van der Waals surface area contributed by atoms with E-state index < -0.39 is 10.0 Å². The molecule has 6 heteroatoms. The first-order valence-corrected chi connectivity index (χ1v) is 7.73. The second-order valence-electron chi connectivity index (χ2n) is 4.83. The summed E-state index contributed by atoms with van der Waals surface area (Å²) in [6.45, 7) is 4.12. The smallest absolute Gasteiger partial charge is 0.243 e. The van der Waals surface area contributed by atoms with E-state index in [-0.39, 0.29) is 23.6 Å². The molecule has 2 atom stereocenters. The van der Waals surface area contributed by atoms with Crippen LogP contribution in [0, 0.1) is 0 Å². The predicted molar refractivity (Wildman–Crippen MR) is 71.1 cm³/mol. The van der Waals surface area contributed by atoms with Crippen LogP contribution in [0.3, 0.4) is 0 Å². The van der Waals surface area contributed by atoms with Gasteiger partial charge in [-0.3, -0.25) is 0 Å². The second-order valence-corrected chi connectivity index (χ2v) is 6.69. The summed E-state index contributed by atoms with van der Waals surface area (Å²) in [4.78, 5) is 0.179. The fourth-order valence-electron chi connectivity index (χ4n) is 2.22. The largest absolute Gasteiger partial charge is 0.392 e. The Morgan fingerprint density at radius 3 is 2.74 bits per heavy atom. The molecule has 0 bridgehead atoms. The van der Waals surface area contributed by atoms with Crippen LogP contribution in [0.2, 0.25) is 0 Å². The zero-order chi connectivity index (χ0) is 14.0. The van der Waals surface area contributed by atoms with Crippen molar-refractivity contribution in [3.63, 3.8) is 0 Å². The molecule has 0 spiro atoms. The Labute approximate surface area is 113 Å². The van der Waals surface area contributed by atoms with Crippen LogP contribution < -0.4 is 0 Å². The van der Waals surface area contributed by atoms with Crippen LogP contribution in [0.4, 0.5) is 0 Å². The van der Waals surface area contributed by atoms with Gasteiger partial charge in [0.25, 0.3) is 0 Å². The first-order chi connectivity index (χ1) is 8.96. The molecule has 1 aliphatic heterocycles. The van der Waals surface area contributed by atoms with Gasteiger partial charge in [-0.2, -0.15) is 4.31 Å². The van der Waals surface area contributed by atoms with Gasteiger partial charge in [-0.25, -0.2) is 8.42 Å². The van der Waals surface area contributed by atoms with Crippen molar-refractivity contribution < 1.29 is 18.3 Å². The molecule has 106 valence electrons. The second kappa shape index (κ2) is 5.58. The monoisotopic (exact) mass is 285 g/mol. The zero-order valence-electron chi connectivity index (χ0n) is 11.1. The van der Waals surface area contributed by atoms with Crippen LogP contribution in [0.1, 0.15) is 19.4 Å². The van der Waals surface area contributed by atoms with Crippen LogP contribution in [-0.2, 0) is 21.4 Å². The Hall–Kier alpha value is -0.950. The number of sulfonamides is 1. The highest BCUT2D eigenvalue weighted by Gasteiger charge is 2.35. The fraction of sp³-hybridized carbons (Fsp3) is 0.538. The maximum atomic E-state index is 12.7. The summed E-state index contributed by atoms with van der Waals surface area (Å²) in [6, 6.07) is 6.35. The molecule has 1 aromatic carbocycles. The van der Waals surface area contributed by atoms with E-state index in [0.29, 0.717) is 18.7 Å². The highest BCUT2D eigenvalue weighted by atomic mass is 32.2. The topological polar surface area (TPSA) is 66.8 Å². The highest BCUT2D eigenvalue weighted by molar-refractivity contribution is 7.89. The Morgan fingerprint density at radius 2 is 2.05 bits per heavy atom. The number of morpholine rings is 1. The molecule has 1 fully saturated rings. The average Bonchev–Trinajstić information content (AvgIpc) is 2.41. The molecule has 0 amide bonds. The average molecular weight is 285 g/mol. The number of hydrogen-bond donors (Lipinski definition) is 1. The number of benzene rings is 1. The lowest BCUT2D eigenvalue weighted by molar-refractivity contribution is -0.0171. The maximum absolute atomic E-state index is 12.7. The molecule has 1 saturated heterocycles. The fourth-order valence-corrected chi connectivity index (χ4v) is 4.13. The summed E-state index contributed by atoms with van der Waals surface area (Å²) >= 11 is 0. The van der Waals surface area contributed by atoms with Gasteiger partial charge >= 0.3 is 0 Å². The minimum atomic E-state index is -3.59. The van der Waals surface area contributed by atoms with Crippen molar-refractivity contribution >= 4 is 10.0 Å². The van der Waals surface area contributed by atoms with E-state index in [1.165, 1.54) is 10.4 Å². The van der Waals surface area contributed by atoms with Crippen LogP contribution in [-0.4, -0.2) is 43.1 Å². The number of nitrogens with zero attached hydrogens (tertiary/aromatic N) is 1. The number of rotatable bonds is 3. The van der Waals surface area contributed by atoms with E-state index in [9.17, 15) is 13.5 Å². The van der Waals surface area contributed by atoms with Gasteiger partial charge in [-0.05, 0) is 25.5 Å². The van der Waals surface area contributed by atoms with Crippen LogP contribution in [0.5, 0.6) is 0 Å². The van der Waals surface area contributed by atoms with E-state index in [1.54, 1.807) is 18.2 Å². The molecule has 1 aliphatic rings. The molecule has 19 heavy (non-hydrogen) atoms. The first kappa shape index (κ1) is 14.5. The van der Waals surface area contributed by atoms with E-state index in [2.05, 4.69) is 0 Å². The van der Waals surface area contributed by atoms with Gasteiger partial charge < -0.3 is 9.84 Å². The molecule has 1 aromatic rings. The molecule has 2 unspecified atom stereocenters. The quantitative estimate of drug-likeness (QED) is 0.899. The van der Waals surface area contributed by atoms with Gasteiger partial charge in [0.05, 0.1) is 24.2 Å². The van der Waals surface area contributed by atoms with Gasteiger partial charge in [0, 0.05) is 12.6 Å². The molecular weight excluding hydrogens is 266 g/mol. The molecule has 1 heterocycles. The third-order valence-corrected chi connectivity index (χ3v) is 5.36. The Morgan fingerprint density at radius 1 is 1.37 bits per heavy atom. The Kier molecular flexibility index (Phi) is 4.25. The van der Waals surface area contributed by atoms with Gasteiger partial charge in [-0.1, -0.05) is 18.2 Å². The van der Waals surface area contributed by atoms with Crippen LogP contribution in [0.15, 0.2) is 29.2 Å². The number of hydrogen-bond acceptors (Lipinski definition) is 4. The number of aliphatic hydroxyl groups excluding tert-OH is 1. The third-order valence-electron chi connectivity index (χ3n) is 3.28. The molecule has 5 nitrogen and oxygen atoms in total. The summed E-state index contributed by atoms with van der Waals surface area (Å²) in [6.07, 6.45) is -0.118. The van der Waals surface area contributed by atoms with Crippen molar-refractivity contribution in [3.05, 3.63) is 29.8 Å². The van der Waals surface area contributed by atoms with Crippen LogP contribution >= 0.6 is 0 Å². The summed E-state index contributed by atoms with van der Waals surface area (Å²) in [5, 5.41) is 9.29. The third kappa shape index (κ3) is 2.81. The van der Waals surface area contributed by atoms with Gasteiger partial charge in [-0.15, -0.1) is 0 Å². The van der Waals surface area contributed by atoms with E-state index in [0.717, 1.165) is 0 Å². The summed E-state index contributed by atoms with van der Waals surface area (Å²) in [7, 11) is -3.59. The van der Waals surface area contributed by atoms with Crippen molar-refractivity contribution in [3.8, 4) is 0 Å². The van der Waals surface area contributed by atoms with E-state index in [4.69, 9.17) is 4.74 Å². The minimum Gasteiger partial charge on any atom is -0.392 e. The van der Waals surface area contributed by atoms with Gasteiger partial charge in [0.1, 0.15) is 0 Å². The summed E-state index contributed by atoms with van der Waals surface area (Å²) in [5.41, 5.74) is 0.425. The Balaban J connectivity index is 2.41. The lowest BCUT2D eigenvalue weighted by atomic mass is 10.2. The molecular formula is C13H19NO4S.